The van der Waals surface area contributed by atoms with Gasteiger partial charge in [-0.15, -0.1) is 0 Å². The van der Waals surface area contributed by atoms with Crippen LogP contribution >= 0.6 is 0 Å². The SMILES string of the molecule is c1ccc2[nH]c(CN3CCCC4(CCN(c5cnc6ccccc6n5)CC4)C3)cc2c1. The van der Waals surface area contributed by atoms with Crippen LogP contribution in [0.15, 0.2) is 60.8 Å². The van der Waals surface area contributed by atoms with Gasteiger partial charge in [-0.2, -0.15) is 0 Å². The molecule has 2 fully saturated rings. The van der Waals surface area contributed by atoms with E-state index in [2.05, 4.69) is 56.2 Å². The van der Waals surface area contributed by atoms with Gasteiger partial charge in [0.2, 0.25) is 0 Å². The molecule has 1 N–H and O–H groups in total. The molecule has 1 spiro atoms. The fourth-order valence-electron chi connectivity index (χ4n) is 5.62. The second-order valence-corrected chi connectivity index (χ2v) is 9.40. The van der Waals surface area contributed by atoms with E-state index in [-0.39, 0.29) is 0 Å². The van der Waals surface area contributed by atoms with Crippen LogP contribution in [0.2, 0.25) is 0 Å². The second-order valence-electron chi connectivity index (χ2n) is 9.40. The summed E-state index contributed by atoms with van der Waals surface area (Å²) in [4.78, 5) is 18.2. The summed E-state index contributed by atoms with van der Waals surface area (Å²) in [5.74, 6) is 1.03. The molecule has 2 saturated heterocycles. The van der Waals surface area contributed by atoms with Crippen LogP contribution < -0.4 is 4.90 Å². The van der Waals surface area contributed by atoms with Crippen molar-refractivity contribution in [3.8, 4) is 0 Å². The molecule has 0 aliphatic carbocycles. The minimum atomic E-state index is 0.449. The number of aromatic amines is 1. The number of H-pyrrole nitrogens is 1. The second kappa shape index (κ2) is 7.65. The number of hydrogen-bond donors (Lipinski definition) is 1. The molecule has 4 heterocycles. The summed E-state index contributed by atoms with van der Waals surface area (Å²) in [6.07, 6.45) is 7.09. The molecule has 2 aliphatic rings. The van der Waals surface area contributed by atoms with Crippen molar-refractivity contribution in [3.05, 3.63) is 66.5 Å². The molecule has 0 radical (unpaired) electrons. The molecule has 0 unspecified atom stereocenters. The van der Waals surface area contributed by atoms with Gasteiger partial charge < -0.3 is 9.88 Å². The van der Waals surface area contributed by atoms with Crippen molar-refractivity contribution < 1.29 is 0 Å². The van der Waals surface area contributed by atoms with Gasteiger partial charge >= 0.3 is 0 Å². The lowest BCUT2D eigenvalue weighted by Gasteiger charge is -2.48. The third-order valence-corrected chi connectivity index (χ3v) is 7.30. The number of hydrogen-bond acceptors (Lipinski definition) is 4. The highest BCUT2D eigenvalue weighted by Gasteiger charge is 2.38. The highest BCUT2D eigenvalue weighted by Crippen LogP contribution is 2.41. The normalized spacial score (nSPS) is 19.4. The fourth-order valence-corrected chi connectivity index (χ4v) is 5.62. The van der Waals surface area contributed by atoms with E-state index < -0.39 is 0 Å². The number of nitrogens with one attached hydrogen (secondary N) is 1. The van der Waals surface area contributed by atoms with Crippen molar-refractivity contribution in [2.24, 2.45) is 5.41 Å². The number of aromatic nitrogens is 3. The van der Waals surface area contributed by atoms with Crippen molar-refractivity contribution in [2.45, 2.75) is 32.2 Å². The Labute approximate surface area is 183 Å². The van der Waals surface area contributed by atoms with Crippen LogP contribution in [0.25, 0.3) is 21.9 Å². The van der Waals surface area contributed by atoms with Gasteiger partial charge in [0.05, 0.1) is 17.2 Å². The summed E-state index contributed by atoms with van der Waals surface area (Å²) >= 11 is 0. The Balaban J connectivity index is 1.13. The fraction of sp³-hybridized carbons (Fsp3) is 0.385. The van der Waals surface area contributed by atoms with Crippen molar-refractivity contribution in [1.82, 2.24) is 19.9 Å². The third kappa shape index (κ3) is 3.68. The zero-order valence-electron chi connectivity index (χ0n) is 17.9. The molecule has 2 aromatic carbocycles. The number of anilines is 1. The van der Waals surface area contributed by atoms with Crippen molar-refractivity contribution >= 4 is 27.8 Å². The van der Waals surface area contributed by atoms with Crippen LogP contribution in [-0.4, -0.2) is 46.0 Å². The molecule has 0 atom stereocenters. The van der Waals surface area contributed by atoms with E-state index in [0.29, 0.717) is 5.41 Å². The van der Waals surface area contributed by atoms with Gasteiger partial charge in [0.25, 0.3) is 0 Å². The Morgan fingerprint density at radius 2 is 1.71 bits per heavy atom. The first-order valence-electron chi connectivity index (χ1n) is 11.5. The molecule has 0 saturated carbocycles. The van der Waals surface area contributed by atoms with Gasteiger partial charge in [-0.05, 0) is 67.3 Å². The average molecular weight is 412 g/mol. The van der Waals surface area contributed by atoms with Gasteiger partial charge in [-0.25, -0.2) is 4.98 Å². The lowest BCUT2D eigenvalue weighted by Crippen LogP contribution is -2.49. The zero-order chi connectivity index (χ0) is 20.7. The Hall–Kier alpha value is -2.92. The maximum Gasteiger partial charge on any atom is 0.147 e. The summed E-state index contributed by atoms with van der Waals surface area (Å²) < 4.78 is 0. The van der Waals surface area contributed by atoms with Gasteiger partial charge in [0, 0.05) is 37.4 Å². The Morgan fingerprint density at radius 3 is 2.58 bits per heavy atom. The first-order chi connectivity index (χ1) is 15.3. The highest BCUT2D eigenvalue weighted by molar-refractivity contribution is 5.80. The van der Waals surface area contributed by atoms with Gasteiger partial charge in [0.15, 0.2) is 0 Å². The van der Waals surface area contributed by atoms with Crippen molar-refractivity contribution in [2.75, 3.05) is 31.1 Å². The Morgan fingerprint density at radius 1 is 0.903 bits per heavy atom. The molecular weight excluding hydrogens is 382 g/mol. The van der Waals surface area contributed by atoms with Crippen LogP contribution in [0.1, 0.15) is 31.4 Å². The predicted octanol–water partition coefficient (Wildman–Crippen LogP) is 4.99. The number of likely N-dealkylation sites (tertiary alicyclic amines) is 1. The van der Waals surface area contributed by atoms with E-state index in [9.17, 15) is 0 Å². The smallest absolute Gasteiger partial charge is 0.147 e. The van der Waals surface area contributed by atoms with E-state index in [1.165, 1.54) is 55.4 Å². The first-order valence-corrected chi connectivity index (χ1v) is 11.5. The predicted molar refractivity (Wildman–Crippen MR) is 126 cm³/mol. The van der Waals surface area contributed by atoms with Crippen LogP contribution in [0.4, 0.5) is 5.82 Å². The number of benzene rings is 2. The number of piperidine rings is 2. The van der Waals surface area contributed by atoms with E-state index in [0.717, 1.165) is 36.5 Å². The van der Waals surface area contributed by atoms with Crippen LogP contribution in [0.5, 0.6) is 0 Å². The lowest BCUT2D eigenvalue weighted by molar-refractivity contribution is 0.0598. The minimum Gasteiger partial charge on any atom is -0.357 e. The molecule has 31 heavy (non-hydrogen) atoms. The Bertz CT molecular complexity index is 1170. The molecule has 5 heteroatoms. The molecule has 6 rings (SSSR count). The molecular formula is C26H29N5. The maximum atomic E-state index is 4.87. The van der Waals surface area contributed by atoms with Gasteiger partial charge in [0.1, 0.15) is 5.82 Å². The van der Waals surface area contributed by atoms with Crippen LogP contribution in [-0.2, 0) is 6.54 Å². The van der Waals surface area contributed by atoms with Gasteiger partial charge in [-0.1, -0.05) is 30.3 Å². The summed E-state index contributed by atoms with van der Waals surface area (Å²) in [5, 5.41) is 1.31. The molecule has 0 bridgehead atoms. The minimum absolute atomic E-state index is 0.449. The number of para-hydroxylation sites is 3. The highest BCUT2D eigenvalue weighted by atomic mass is 15.2. The Kier molecular flexibility index (Phi) is 4.64. The number of rotatable bonds is 3. The molecule has 158 valence electrons. The topological polar surface area (TPSA) is 48.1 Å². The van der Waals surface area contributed by atoms with Crippen molar-refractivity contribution in [1.29, 1.82) is 0 Å². The molecule has 5 nitrogen and oxygen atoms in total. The summed E-state index contributed by atoms with van der Waals surface area (Å²) in [6, 6.07) is 19.0. The third-order valence-electron chi connectivity index (χ3n) is 7.30. The molecule has 2 aromatic heterocycles. The van der Waals surface area contributed by atoms with E-state index in [1.54, 1.807) is 0 Å². The van der Waals surface area contributed by atoms with E-state index >= 15 is 0 Å². The molecule has 2 aliphatic heterocycles. The molecule has 0 amide bonds. The van der Waals surface area contributed by atoms with Crippen LogP contribution in [0.3, 0.4) is 0 Å². The quantitative estimate of drug-likeness (QED) is 0.516. The zero-order valence-corrected chi connectivity index (χ0v) is 17.9. The number of nitrogens with zero attached hydrogens (tertiary/aromatic N) is 4. The van der Waals surface area contributed by atoms with Crippen LogP contribution in [0, 0.1) is 5.41 Å². The summed E-state index contributed by atoms with van der Waals surface area (Å²) in [5.41, 5.74) is 4.99. The van der Waals surface area contributed by atoms with Crippen molar-refractivity contribution in [3.63, 3.8) is 0 Å². The largest absolute Gasteiger partial charge is 0.357 e. The van der Waals surface area contributed by atoms with E-state index in [4.69, 9.17) is 4.98 Å². The average Bonchev–Trinajstić information content (AvgIpc) is 3.22. The van der Waals surface area contributed by atoms with Gasteiger partial charge in [-0.3, -0.25) is 9.88 Å². The summed E-state index contributed by atoms with van der Waals surface area (Å²) in [6.45, 7) is 5.59. The van der Waals surface area contributed by atoms with E-state index in [1.807, 2.05) is 24.4 Å². The number of fused-ring (bicyclic) bond motifs is 2. The maximum absolute atomic E-state index is 4.87. The summed E-state index contributed by atoms with van der Waals surface area (Å²) in [7, 11) is 0. The standard InChI is InChI=1S/C26H29N5/c1-2-7-22-20(6-1)16-21(28-22)18-30-13-5-10-26(19-30)11-14-31(15-12-26)25-17-27-23-8-3-4-9-24(23)29-25/h1-4,6-9,16-17,28H,5,10-15,18-19H2. The molecule has 4 aromatic rings. The monoisotopic (exact) mass is 411 g/mol. The first kappa shape index (κ1) is 18.8. The lowest BCUT2D eigenvalue weighted by atomic mass is 9.72.